The second-order valence-corrected chi connectivity index (χ2v) is 22.4. The molecule has 3 aromatic carbocycles. The highest BCUT2D eigenvalue weighted by atomic mass is 32.1. The number of imidazole rings is 1. The number of aliphatic hydroxyl groups excluding tert-OH is 1. The van der Waals surface area contributed by atoms with E-state index in [4.69, 9.17) is 9.97 Å². The number of likely N-dealkylation sites (tertiary alicyclic amines) is 2. The zero-order chi connectivity index (χ0) is 54.1. The van der Waals surface area contributed by atoms with Gasteiger partial charge in [-0.1, -0.05) is 82.7 Å². The number of rotatable bonds is 20. The number of fused-ring (bicyclic) bond motifs is 1. The highest BCUT2D eigenvalue weighted by molar-refractivity contribution is 7.13. The lowest BCUT2D eigenvalue weighted by Gasteiger charge is -2.36. The maximum Gasteiger partial charge on any atom is 0.246 e. The fraction of sp³-hybridized carbons (Fsp3) is 0.448. The topological polar surface area (TPSA) is 206 Å². The number of unbranched alkanes of at least 4 members (excludes halogenated alkanes) is 3. The van der Waals surface area contributed by atoms with Crippen molar-refractivity contribution in [1.82, 2.24) is 49.8 Å². The van der Waals surface area contributed by atoms with E-state index in [9.17, 15) is 24.3 Å². The van der Waals surface area contributed by atoms with Crippen molar-refractivity contribution in [3.05, 3.63) is 114 Å². The molecule has 19 heteroatoms. The van der Waals surface area contributed by atoms with Gasteiger partial charge in [-0.05, 0) is 98.2 Å². The molecule has 6 heterocycles. The van der Waals surface area contributed by atoms with Gasteiger partial charge in [-0.15, -0.1) is 11.3 Å². The number of hydrogen-bond acceptors (Lipinski definition) is 14. The third kappa shape index (κ3) is 13.7. The van der Waals surface area contributed by atoms with E-state index in [-0.39, 0.29) is 49.2 Å². The number of β-amino-alcohol motifs (C(OH)–C–C–N with tert-alkyl or cyclic N) is 1. The zero-order valence-corrected chi connectivity index (χ0v) is 45.6. The standard InChI is InChI=1S/C58H73N13O5S/c1-6-50(74)69-28-14-17-45(36-69)71-53-47(64-57(71)63-42-15-10-9-11-16-42)35-60-56(66-53)62-43-23-25-44(26-24-43)68-31-29-67(30-32-68)27-13-8-7-12-18-49(73)65-52(58(3,4)5)55(76)70-37-46(72)33-48(70)54(75)59-34-40-19-21-41(22-20-40)51-39(2)61-38-77-51/h6,9-11,15-16,19-26,35,38,45-46,48,52,72H,1,7-8,12-14,17-18,27-34,36-37H2,2-5H3,(H,59,75)(H,63,64)(H,65,73)(H,60,62,66)/t45-,46+,48-,52+/m0/s1. The van der Waals surface area contributed by atoms with Crippen LogP contribution in [-0.4, -0.2) is 138 Å². The molecule has 3 aromatic heterocycles. The quantitative estimate of drug-likeness (QED) is 0.0364. The van der Waals surface area contributed by atoms with Gasteiger partial charge in [0.1, 0.15) is 17.6 Å². The van der Waals surface area contributed by atoms with Crippen molar-refractivity contribution in [2.45, 2.75) is 110 Å². The van der Waals surface area contributed by atoms with E-state index in [0.29, 0.717) is 49.0 Å². The molecule has 0 saturated carbocycles. The molecular formula is C58H73N13O5S. The smallest absolute Gasteiger partial charge is 0.246 e. The van der Waals surface area contributed by atoms with Crippen LogP contribution in [0.15, 0.2) is 103 Å². The van der Waals surface area contributed by atoms with E-state index in [1.54, 1.807) is 17.5 Å². The summed E-state index contributed by atoms with van der Waals surface area (Å²) in [7, 11) is 0. The lowest BCUT2D eigenvalue weighted by atomic mass is 9.85. The number of aryl methyl sites for hydroxylation is 1. The van der Waals surface area contributed by atoms with Crippen molar-refractivity contribution < 1.29 is 24.3 Å². The summed E-state index contributed by atoms with van der Waals surface area (Å²) in [5.74, 6) is 0.158. The maximum absolute atomic E-state index is 14.1. The van der Waals surface area contributed by atoms with Crippen LogP contribution in [0.2, 0.25) is 0 Å². The lowest BCUT2D eigenvalue weighted by molar-refractivity contribution is -0.144. The lowest BCUT2D eigenvalue weighted by Crippen LogP contribution is -2.57. The van der Waals surface area contributed by atoms with Gasteiger partial charge < -0.3 is 41.1 Å². The molecule has 3 aliphatic heterocycles. The molecule has 3 fully saturated rings. The number of carbonyl (C=O) groups is 4. The Kier molecular flexibility index (Phi) is 17.6. The Morgan fingerprint density at radius 1 is 0.857 bits per heavy atom. The Bertz CT molecular complexity index is 2990. The molecule has 406 valence electrons. The normalized spacial score (nSPS) is 18.5. The number of piperazine rings is 1. The van der Waals surface area contributed by atoms with Crippen LogP contribution in [0.25, 0.3) is 21.6 Å². The first kappa shape index (κ1) is 54.6. The van der Waals surface area contributed by atoms with Crippen molar-refractivity contribution in [3.63, 3.8) is 0 Å². The number of aliphatic hydroxyl groups is 1. The van der Waals surface area contributed by atoms with Crippen molar-refractivity contribution in [2.24, 2.45) is 5.41 Å². The summed E-state index contributed by atoms with van der Waals surface area (Å²) in [4.78, 5) is 81.8. The number of carbonyl (C=O) groups excluding carboxylic acids is 4. The SMILES string of the molecule is C=CC(=O)N1CCC[C@H](n2c(Nc3ccccc3)nc3cnc(Nc4ccc(N5CCN(CCCCCCC(=O)N[C@H](C(=O)N6C[C@H](O)C[C@H]6C(=O)NCc6ccc(-c7scnc7C)cc6)C(C)(C)C)CC5)cc4)nc32)C1. The molecule has 0 bridgehead atoms. The first-order valence-corrected chi connectivity index (χ1v) is 28.0. The first-order chi connectivity index (χ1) is 37.2. The Morgan fingerprint density at radius 2 is 1.60 bits per heavy atom. The van der Waals surface area contributed by atoms with Gasteiger partial charge in [-0.25, -0.2) is 15.0 Å². The summed E-state index contributed by atoms with van der Waals surface area (Å²) in [5, 5.41) is 23.5. The Balaban J connectivity index is 0.698. The van der Waals surface area contributed by atoms with E-state index < -0.39 is 23.6 Å². The van der Waals surface area contributed by atoms with Crippen LogP contribution in [0.4, 0.5) is 29.0 Å². The van der Waals surface area contributed by atoms with Gasteiger partial charge in [0.25, 0.3) is 0 Å². The number of aromatic nitrogens is 5. The number of thiazole rings is 1. The van der Waals surface area contributed by atoms with Crippen molar-refractivity contribution in [3.8, 4) is 10.4 Å². The molecule has 4 amide bonds. The van der Waals surface area contributed by atoms with Gasteiger partial charge in [0.2, 0.25) is 35.5 Å². The molecule has 0 aliphatic carbocycles. The summed E-state index contributed by atoms with van der Waals surface area (Å²) >= 11 is 1.59. The number of benzene rings is 3. The van der Waals surface area contributed by atoms with Gasteiger partial charge in [0, 0.05) is 82.3 Å². The minimum atomic E-state index is -0.853. The minimum Gasteiger partial charge on any atom is -0.391 e. The molecule has 0 spiro atoms. The molecule has 5 N–H and O–H groups in total. The molecule has 6 aromatic rings. The minimum absolute atomic E-state index is 0.0337. The number of amides is 4. The van der Waals surface area contributed by atoms with Crippen molar-refractivity contribution in [2.75, 3.05) is 67.9 Å². The monoisotopic (exact) mass is 1060 g/mol. The first-order valence-electron chi connectivity index (χ1n) is 27.1. The summed E-state index contributed by atoms with van der Waals surface area (Å²) in [6.45, 7) is 17.7. The summed E-state index contributed by atoms with van der Waals surface area (Å²) in [6, 6.07) is 24.5. The number of nitrogens with one attached hydrogen (secondary N) is 4. The average Bonchev–Trinajstić information content (AvgIpc) is 4.18. The molecule has 0 radical (unpaired) electrons. The van der Waals surface area contributed by atoms with E-state index in [1.807, 2.05) is 92.7 Å². The van der Waals surface area contributed by atoms with Gasteiger partial charge >= 0.3 is 0 Å². The second kappa shape index (κ2) is 24.8. The van der Waals surface area contributed by atoms with Crippen LogP contribution in [0.3, 0.4) is 0 Å². The Labute approximate surface area is 455 Å². The third-order valence-electron chi connectivity index (χ3n) is 14.9. The Morgan fingerprint density at radius 3 is 2.31 bits per heavy atom. The molecule has 4 atom stereocenters. The predicted molar refractivity (Wildman–Crippen MR) is 303 cm³/mol. The van der Waals surface area contributed by atoms with Gasteiger partial charge in [0.05, 0.1) is 34.4 Å². The second-order valence-electron chi connectivity index (χ2n) is 21.6. The zero-order valence-electron chi connectivity index (χ0n) is 44.8. The highest BCUT2D eigenvalue weighted by Gasteiger charge is 2.44. The summed E-state index contributed by atoms with van der Waals surface area (Å²) in [5.41, 5.74) is 8.45. The Hall–Kier alpha value is -7.22. The van der Waals surface area contributed by atoms with E-state index >= 15 is 0 Å². The average molecular weight is 1060 g/mol. The van der Waals surface area contributed by atoms with Crippen molar-refractivity contribution in [1.29, 1.82) is 0 Å². The summed E-state index contributed by atoms with van der Waals surface area (Å²) in [6.07, 6.45) is 8.12. The van der Waals surface area contributed by atoms with Gasteiger partial charge in [-0.2, -0.15) is 4.98 Å². The van der Waals surface area contributed by atoms with Gasteiger partial charge in [0.15, 0.2) is 5.65 Å². The van der Waals surface area contributed by atoms with Gasteiger partial charge in [-0.3, -0.25) is 28.6 Å². The fourth-order valence-corrected chi connectivity index (χ4v) is 11.4. The highest BCUT2D eigenvalue weighted by Crippen LogP contribution is 2.33. The molecule has 3 saturated heterocycles. The van der Waals surface area contributed by atoms with Crippen LogP contribution >= 0.6 is 11.3 Å². The van der Waals surface area contributed by atoms with E-state index in [2.05, 4.69) is 76.4 Å². The van der Waals surface area contributed by atoms with E-state index in [0.717, 1.165) is 104 Å². The number of anilines is 5. The van der Waals surface area contributed by atoms with Crippen LogP contribution < -0.4 is 26.2 Å². The molecule has 18 nitrogen and oxygen atoms in total. The largest absolute Gasteiger partial charge is 0.391 e. The summed E-state index contributed by atoms with van der Waals surface area (Å²) < 4.78 is 2.11. The molecule has 0 unspecified atom stereocenters. The van der Waals surface area contributed by atoms with Crippen LogP contribution in [-0.2, 0) is 25.7 Å². The fourth-order valence-electron chi connectivity index (χ4n) is 10.6. The van der Waals surface area contributed by atoms with Crippen molar-refractivity contribution >= 4 is 75.1 Å². The van der Waals surface area contributed by atoms with Crippen LogP contribution in [0, 0.1) is 12.3 Å². The molecule has 3 aliphatic rings. The predicted octanol–water partition coefficient (Wildman–Crippen LogP) is 7.98. The number of nitrogens with zero attached hydrogens (tertiary/aromatic N) is 9. The molecule has 9 rings (SSSR count). The van der Waals surface area contributed by atoms with E-state index in [1.165, 1.54) is 11.0 Å². The maximum atomic E-state index is 14.1. The molecular weight excluding hydrogens is 991 g/mol. The number of para-hydroxylation sites is 1. The number of piperidine rings is 1. The van der Waals surface area contributed by atoms with Crippen LogP contribution in [0.5, 0.6) is 0 Å². The third-order valence-corrected chi connectivity index (χ3v) is 15.9. The number of hydrogen-bond donors (Lipinski definition) is 5. The molecule has 77 heavy (non-hydrogen) atoms. The van der Waals surface area contributed by atoms with Crippen LogP contribution in [0.1, 0.15) is 89.4 Å².